The molecule has 1 fully saturated rings. The quantitative estimate of drug-likeness (QED) is 0.760. The van der Waals surface area contributed by atoms with Crippen molar-refractivity contribution >= 4 is 18.2 Å². The first-order valence-electron chi connectivity index (χ1n) is 5.12. The molecule has 0 bridgehead atoms. The molecule has 78 valence electrons. The number of aromatic nitrogens is 3. The molecule has 4 nitrogen and oxygen atoms in total. The minimum atomic E-state index is 0.638. The number of aromatic amines is 1. The highest BCUT2D eigenvalue weighted by molar-refractivity contribution is 7.71. The fourth-order valence-electron chi connectivity index (χ4n) is 2.12. The zero-order valence-corrected chi connectivity index (χ0v) is 9.47. The van der Waals surface area contributed by atoms with Gasteiger partial charge >= 0.3 is 0 Å². The molecule has 1 saturated heterocycles. The van der Waals surface area contributed by atoms with E-state index >= 15 is 0 Å². The zero-order valence-electron chi connectivity index (χ0n) is 8.66. The summed E-state index contributed by atoms with van der Waals surface area (Å²) in [6.07, 6.45) is 3.72. The van der Waals surface area contributed by atoms with Crippen molar-refractivity contribution < 1.29 is 0 Å². The molecule has 1 aromatic heterocycles. The fourth-order valence-corrected chi connectivity index (χ4v) is 2.25. The van der Waals surface area contributed by atoms with E-state index in [0.29, 0.717) is 10.8 Å². The van der Waals surface area contributed by atoms with E-state index in [1.165, 1.54) is 19.3 Å². The van der Waals surface area contributed by atoms with Crippen molar-refractivity contribution in [2.45, 2.75) is 32.2 Å². The monoisotopic (exact) mass is 212 g/mol. The van der Waals surface area contributed by atoms with Gasteiger partial charge in [-0.25, -0.2) is 5.10 Å². The highest BCUT2D eigenvalue weighted by Crippen LogP contribution is 2.24. The normalized spacial score (nSPS) is 21.9. The molecule has 14 heavy (non-hydrogen) atoms. The lowest BCUT2D eigenvalue weighted by Gasteiger charge is -2.23. The van der Waals surface area contributed by atoms with Gasteiger partial charge < -0.3 is 4.90 Å². The molecule has 0 saturated carbocycles. The second-order valence-corrected chi connectivity index (χ2v) is 4.17. The predicted octanol–water partition coefficient (Wildman–Crippen LogP) is 1.86. The Kier molecular flexibility index (Phi) is 2.58. The summed E-state index contributed by atoms with van der Waals surface area (Å²) in [4.78, 5) is 2.35. The Morgan fingerprint density at radius 2 is 2.43 bits per heavy atom. The second kappa shape index (κ2) is 3.73. The van der Waals surface area contributed by atoms with Crippen LogP contribution in [-0.2, 0) is 7.05 Å². The van der Waals surface area contributed by atoms with Gasteiger partial charge in [0.15, 0.2) is 4.77 Å². The first kappa shape index (κ1) is 9.71. The van der Waals surface area contributed by atoms with E-state index in [1.807, 2.05) is 11.6 Å². The number of hydrogen-bond donors (Lipinski definition) is 1. The van der Waals surface area contributed by atoms with Crippen molar-refractivity contribution in [3.8, 4) is 0 Å². The highest BCUT2D eigenvalue weighted by Gasteiger charge is 2.25. The van der Waals surface area contributed by atoms with Crippen LogP contribution < -0.4 is 4.90 Å². The van der Waals surface area contributed by atoms with E-state index in [4.69, 9.17) is 12.2 Å². The van der Waals surface area contributed by atoms with Crippen LogP contribution in [0.2, 0.25) is 0 Å². The molecule has 1 aliphatic heterocycles. The van der Waals surface area contributed by atoms with Crippen LogP contribution in [0.25, 0.3) is 0 Å². The average molecular weight is 212 g/mol. The third-order valence-corrected chi connectivity index (χ3v) is 3.33. The SMILES string of the molecule is CCC1CCCN1c1n[nH]c(=S)n1C. The molecule has 2 rings (SSSR count). The van der Waals surface area contributed by atoms with Crippen LogP contribution in [0.5, 0.6) is 0 Å². The molecule has 0 radical (unpaired) electrons. The first-order valence-corrected chi connectivity index (χ1v) is 5.53. The van der Waals surface area contributed by atoms with Crippen LogP contribution >= 0.6 is 12.2 Å². The lowest BCUT2D eigenvalue weighted by molar-refractivity contribution is 0.625. The van der Waals surface area contributed by atoms with Crippen LogP contribution in [0, 0.1) is 4.77 Å². The van der Waals surface area contributed by atoms with Crippen LogP contribution in [0.1, 0.15) is 26.2 Å². The third kappa shape index (κ3) is 1.45. The Bertz CT molecular complexity index is 367. The van der Waals surface area contributed by atoms with Gasteiger partial charge in [0.2, 0.25) is 5.95 Å². The number of anilines is 1. The Labute approximate surface area is 88.9 Å². The molecule has 0 amide bonds. The third-order valence-electron chi connectivity index (χ3n) is 2.96. The molecular formula is C9H16N4S. The fraction of sp³-hybridized carbons (Fsp3) is 0.778. The smallest absolute Gasteiger partial charge is 0.225 e. The Morgan fingerprint density at radius 1 is 1.64 bits per heavy atom. The number of nitrogens with one attached hydrogen (secondary N) is 1. The molecule has 1 aromatic rings. The van der Waals surface area contributed by atoms with Crippen molar-refractivity contribution in [1.82, 2.24) is 14.8 Å². The van der Waals surface area contributed by atoms with Crippen molar-refractivity contribution in [1.29, 1.82) is 0 Å². The maximum absolute atomic E-state index is 5.10. The van der Waals surface area contributed by atoms with E-state index in [2.05, 4.69) is 22.0 Å². The lowest BCUT2D eigenvalue weighted by Crippen LogP contribution is -2.30. The molecule has 2 heterocycles. The van der Waals surface area contributed by atoms with Crippen LogP contribution in [-0.4, -0.2) is 27.4 Å². The van der Waals surface area contributed by atoms with Crippen molar-refractivity contribution in [3.05, 3.63) is 4.77 Å². The summed E-state index contributed by atoms with van der Waals surface area (Å²) in [5.74, 6) is 0.986. The standard InChI is InChI=1S/C9H16N4S/c1-3-7-5-4-6-13(7)8-10-11-9(14)12(8)2/h7H,3-6H2,1-2H3,(H,11,14). The van der Waals surface area contributed by atoms with Gasteiger partial charge in [0.25, 0.3) is 0 Å². The number of H-pyrrole nitrogens is 1. The van der Waals surface area contributed by atoms with Gasteiger partial charge in [-0.2, -0.15) is 0 Å². The molecular weight excluding hydrogens is 196 g/mol. The van der Waals surface area contributed by atoms with Gasteiger partial charge in [0, 0.05) is 19.6 Å². The average Bonchev–Trinajstić information content (AvgIpc) is 2.75. The van der Waals surface area contributed by atoms with Crippen molar-refractivity contribution in [2.75, 3.05) is 11.4 Å². The molecule has 1 N–H and O–H groups in total. The van der Waals surface area contributed by atoms with Crippen molar-refractivity contribution in [3.63, 3.8) is 0 Å². The maximum atomic E-state index is 5.10. The Morgan fingerprint density at radius 3 is 3.00 bits per heavy atom. The predicted molar refractivity (Wildman–Crippen MR) is 59.1 cm³/mol. The van der Waals surface area contributed by atoms with E-state index < -0.39 is 0 Å². The number of hydrogen-bond acceptors (Lipinski definition) is 3. The van der Waals surface area contributed by atoms with Gasteiger partial charge in [-0.3, -0.25) is 4.57 Å². The summed E-state index contributed by atoms with van der Waals surface area (Å²) in [7, 11) is 1.96. The van der Waals surface area contributed by atoms with Gasteiger partial charge in [-0.15, -0.1) is 5.10 Å². The van der Waals surface area contributed by atoms with Gasteiger partial charge in [0.05, 0.1) is 0 Å². The summed E-state index contributed by atoms with van der Waals surface area (Å²) >= 11 is 5.10. The second-order valence-electron chi connectivity index (χ2n) is 3.79. The lowest BCUT2D eigenvalue weighted by atomic mass is 10.2. The summed E-state index contributed by atoms with van der Waals surface area (Å²) in [6.45, 7) is 3.33. The first-order chi connectivity index (χ1) is 6.74. The number of nitrogens with zero attached hydrogens (tertiary/aromatic N) is 3. The van der Waals surface area contributed by atoms with Crippen LogP contribution in [0.15, 0.2) is 0 Å². The minimum Gasteiger partial charge on any atom is -0.338 e. The summed E-state index contributed by atoms with van der Waals surface area (Å²) in [6, 6.07) is 0.638. The minimum absolute atomic E-state index is 0.638. The van der Waals surface area contributed by atoms with Gasteiger partial charge in [-0.1, -0.05) is 6.92 Å². The van der Waals surface area contributed by atoms with Crippen molar-refractivity contribution in [2.24, 2.45) is 7.05 Å². The summed E-state index contributed by atoms with van der Waals surface area (Å²) in [5.41, 5.74) is 0. The molecule has 0 aromatic carbocycles. The van der Waals surface area contributed by atoms with Gasteiger partial charge in [0.1, 0.15) is 0 Å². The topological polar surface area (TPSA) is 36.9 Å². The van der Waals surface area contributed by atoms with Crippen LogP contribution in [0.3, 0.4) is 0 Å². The molecule has 1 unspecified atom stereocenters. The number of rotatable bonds is 2. The van der Waals surface area contributed by atoms with E-state index in [0.717, 1.165) is 12.5 Å². The summed E-state index contributed by atoms with van der Waals surface area (Å²) in [5, 5.41) is 7.10. The highest BCUT2D eigenvalue weighted by atomic mass is 32.1. The molecule has 0 aliphatic carbocycles. The molecule has 1 aliphatic rings. The van der Waals surface area contributed by atoms with E-state index in [9.17, 15) is 0 Å². The summed E-state index contributed by atoms with van der Waals surface area (Å²) < 4.78 is 2.64. The molecule has 5 heteroatoms. The van der Waals surface area contributed by atoms with Gasteiger partial charge in [-0.05, 0) is 31.5 Å². The molecule has 0 spiro atoms. The Balaban J connectivity index is 2.30. The maximum Gasteiger partial charge on any atom is 0.225 e. The van der Waals surface area contributed by atoms with E-state index in [1.54, 1.807) is 0 Å². The Hall–Kier alpha value is -0.840. The van der Waals surface area contributed by atoms with E-state index in [-0.39, 0.29) is 0 Å². The molecule has 1 atom stereocenters. The largest absolute Gasteiger partial charge is 0.338 e. The van der Waals surface area contributed by atoms with Crippen LogP contribution in [0.4, 0.5) is 5.95 Å². The zero-order chi connectivity index (χ0) is 10.1.